The minimum absolute atomic E-state index is 0.0352. The summed E-state index contributed by atoms with van der Waals surface area (Å²) < 4.78 is 0.964. The number of anilines is 1. The molecule has 2 aromatic carbocycles. The van der Waals surface area contributed by atoms with Gasteiger partial charge in [0.2, 0.25) is 0 Å². The number of halogens is 1. The number of nitrogens with zero attached hydrogens (tertiary/aromatic N) is 3. The molecule has 4 rings (SSSR count). The van der Waals surface area contributed by atoms with Crippen molar-refractivity contribution in [2.75, 3.05) is 18.0 Å². The number of benzene rings is 2. The lowest BCUT2D eigenvalue weighted by atomic mass is 10.0. The second kappa shape index (κ2) is 9.39. The van der Waals surface area contributed by atoms with Crippen LogP contribution < -0.4 is 10.2 Å². The molecule has 0 bridgehead atoms. The van der Waals surface area contributed by atoms with Gasteiger partial charge in [0.15, 0.2) is 5.82 Å². The van der Waals surface area contributed by atoms with Crippen molar-refractivity contribution >= 4 is 27.7 Å². The largest absolute Gasteiger partial charge is 0.353 e. The highest BCUT2D eigenvalue weighted by Gasteiger charge is 2.23. The van der Waals surface area contributed by atoms with Gasteiger partial charge >= 0.3 is 0 Å². The number of carbonyl (C=O) groups excluding carboxylic acids is 1. The molecule has 3 aromatic rings. The molecule has 154 valence electrons. The Bertz CT molecular complexity index is 1000. The summed E-state index contributed by atoms with van der Waals surface area (Å²) in [6, 6.07) is 19.9. The van der Waals surface area contributed by atoms with Gasteiger partial charge < -0.3 is 10.2 Å². The third kappa shape index (κ3) is 4.70. The van der Waals surface area contributed by atoms with Gasteiger partial charge in [-0.2, -0.15) is 0 Å². The van der Waals surface area contributed by atoms with E-state index in [0.29, 0.717) is 5.56 Å². The summed E-state index contributed by atoms with van der Waals surface area (Å²) in [7, 11) is 0. The molecule has 2 heterocycles. The molecule has 1 fully saturated rings. The molecule has 6 heteroatoms. The molecule has 0 saturated carbocycles. The minimum atomic E-state index is -0.0352. The van der Waals surface area contributed by atoms with Gasteiger partial charge in [0.05, 0.1) is 5.69 Å². The van der Waals surface area contributed by atoms with Crippen LogP contribution in [0.2, 0.25) is 0 Å². The first-order valence-corrected chi connectivity index (χ1v) is 11.2. The van der Waals surface area contributed by atoms with Crippen LogP contribution in [0.15, 0.2) is 65.1 Å². The van der Waals surface area contributed by atoms with Crippen molar-refractivity contribution in [3.05, 3.63) is 76.3 Å². The summed E-state index contributed by atoms with van der Waals surface area (Å²) in [5.74, 6) is 0.822. The lowest BCUT2D eigenvalue weighted by Gasteiger charge is -2.33. The first-order chi connectivity index (χ1) is 14.6. The molecule has 1 aliphatic rings. The van der Waals surface area contributed by atoms with Crippen LogP contribution in [0.25, 0.3) is 11.3 Å². The Labute approximate surface area is 185 Å². The van der Waals surface area contributed by atoms with E-state index in [1.165, 1.54) is 5.56 Å². The third-order valence-electron chi connectivity index (χ3n) is 5.51. The Morgan fingerprint density at radius 3 is 2.63 bits per heavy atom. The van der Waals surface area contributed by atoms with E-state index in [1.807, 2.05) is 42.5 Å². The van der Waals surface area contributed by atoms with E-state index in [-0.39, 0.29) is 11.9 Å². The van der Waals surface area contributed by atoms with Gasteiger partial charge in [-0.25, -0.2) is 0 Å². The standard InChI is InChI=1S/C24H25BrN4O/c1-2-17-6-3-4-8-21(17)22-13-14-23(28-27-22)29-15-5-7-20(16-29)26-24(30)18-9-11-19(25)12-10-18/h3-4,6,8-14,20H,2,5,7,15-16H2,1H3,(H,26,30). The molecule has 5 nitrogen and oxygen atoms in total. The number of hydrogen-bond donors (Lipinski definition) is 1. The monoisotopic (exact) mass is 464 g/mol. The summed E-state index contributed by atoms with van der Waals surface area (Å²) in [5.41, 5.74) is 3.98. The van der Waals surface area contributed by atoms with Crippen LogP contribution in [-0.4, -0.2) is 35.2 Å². The smallest absolute Gasteiger partial charge is 0.251 e. The fourth-order valence-corrected chi connectivity index (χ4v) is 4.15. The zero-order valence-corrected chi connectivity index (χ0v) is 18.6. The number of rotatable bonds is 5. The predicted octanol–water partition coefficient (Wildman–Crippen LogP) is 4.87. The second-order valence-corrected chi connectivity index (χ2v) is 8.47. The highest BCUT2D eigenvalue weighted by molar-refractivity contribution is 9.10. The number of amides is 1. The molecule has 1 amide bonds. The van der Waals surface area contributed by atoms with Crippen molar-refractivity contribution in [1.29, 1.82) is 0 Å². The maximum absolute atomic E-state index is 12.6. The maximum Gasteiger partial charge on any atom is 0.251 e. The average Bonchev–Trinajstić information content (AvgIpc) is 2.80. The molecule has 1 N–H and O–H groups in total. The first kappa shape index (κ1) is 20.5. The van der Waals surface area contributed by atoms with Crippen LogP contribution >= 0.6 is 15.9 Å². The van der Waals surface area contributed by atoms with E-state index in [2.05, 4.69) is 61.5 Å². The molecule has 1 aliphatic heterocycles. The van der Waals surface area contributed by atoms with Gasteiger partial charge in [-0.3, -0.25) is 4.79 Å². The van der Waals surface area contributed by atoms with Crippen molar-refractivity contribution in [3.8, 4) is 11.3 Å². The maximum atomic E-state index is 12.6. The average molecular weight is 465 g/mol. The molecule has 0 radical (unpaired) electrons. The van der Waals surface area contributed by atoms with Crippen molar-refractivity contribution in [1.82, 2.24) is 15.5 Å². The van der Waals surface area contributed by atoms with Crippen molar-refractivity contribution in [2.24, 2.45) is 0 Å². The fraction of sp³-hybridized carbons (Fsp3) is 0.292. The lowest BCUT2D eigenvalue weighted by Crippen LogP contribution is -2.48. The fourth-order valence-electron chi connectivity index (χ4n) is 3.89. The van der Waals surface area contributed by atoms with Crippen LogP contribution in [0.4, 0.5) is 5.82 Å². The first-order valence-electron chi connectivity index (χ1n) is 10.4. The number of carbonyl (C=O) groups is 1. The third-order valence-corrected chi connectivity index (χ3v) is 6.04. The molecule has 0 aliphatic carbocycles. The molecule has 0 spiro atoms. The predicted molar refractivity (Wildman–Crippen MR) is 124 cm³/mol. The molecular weight excluding hydrogens is 440 g/mol. The van der Waals surface area contributed by atoms with Crippen LogP contribution in [0.5, 0.6) is 0 Å². The number of piperidine rings is 1. The zero-order chi connectivity index (χ0) is 20.9. The molecule has 1 atom stereocenters. The van der Waals surface area contributed by atoms with E-state index in [9.17, 15) is 4.79 Å². The summed E-state index contributed by atoms with van der Waals surface area (Å²) in [6.07, 6.45) is 2.94. The Hall–Kier alpha value is -2.73. The quantitative estimate of drug-likeness (QED) is 0.585. The second-order valence-electron chi connectivity index (χ2n) is 7.55. The normalized spacial score (nSPS) is 16.3. The summed E-state index contributed by atoms with van der Waals surface area (Å²) in [6.45, 7) is 3.81. The van der Waals surface area contributed by atoms with Gasteiger partial charge in [0, 0.05) is 34.7 Å². The van der Waals surface area contributed by atoms with E-state index in [4.69, 9.17) is 0 Å². The van der Waals surface area contributed by atoms with Gasteiger partial charge in [0.1, 0.15) is 0 Å². The Balaban J connectivity index is 1.43. The Kier molecular flexibility index (Phi) is 6.43. The van der Waals surface area contributed by atoms with Gasteiger partial charge in [-0.15, -0.1) is 10.2 Å². The van der Waals surface area contributed by atoms with Crippen molar-refractivity contribution in [2.45, 2.75) is 32.2 Å². The SMILES string of the molecule is CCc1ccccc1-c1ccc(N2CCCC(NC(=O)c3ccc(Br)cc3)C2)nn1. The lowest BCUT2D eigenvalue weighted by molar-refractivity contribution is 0.0933. The van der Waals surface area contributed by atoms with Crippen molar-refractivity contribution < 1.29 is 4.79 Å². The summed E-state index contributed by atoms with van der Waals surface area (Å²) >= 11 is 3.40. The van der Waals surface area contributed by atoms with Crippen molar-refractivity contribution in [3.63, 3.8) is 0 Å². The van der Waals surface area contributed by atoms with Crippen LogP contribution in [0.1, 0.15) is 35.7 Å². The van der Waals surface area contributed by atoms with E-state index >= 15 is 0 Å². The van der Waals surface area contributed by atoms with Crippen LogP contribution in [0, 0.1) is 0 Å². The van der Waals surface area contributed by atoms with Gasteiger partial charge in [-0.05, 0) is 61.2 Å². The Morgan fingerprint density at radius 1 is 1.10 bits per heavy atom. The Morgan fingerprint density at radius 2 is 1.90 bits per heavy atom. The molecular formula is C24H25BrN4O. The molecule has 30 heavy (non-hydrogen) atoms. The summed E-state index contributed by atoms with van der Waals surface area (Å²) in [4.78, 5) is 14.8. The number of hydrogen-bond acceptors (Lipinski definition) is 4. The summed E-state index contributed by atoms with van der Waals surface area (Å²) in [5, 5.41) is 12.1. The van der Waals surface area contributed by atoms with E-state index < -0.39 is 0 Å². The van der Waals surface area contributed by atoms with E-state index in [0.717, 1.165) is 53.9 Å². The molecule has 1 aromatic heterocycles. The number of nitrogens with one attached hydrogen (secondary N) is 1. The minimum Gasteiger partial charge on any atom is -0.353 e. The van der Waals surface area contributed by atoms with Crippen LogP contribution in [0.3, 0.4) is 0 Å². The zero-order valence-electron chi connectivity index (χ0n) is 17.0. The number of aromatic nitrogens is 2. The topological polar surface area (TPSA) is 58.1 Å². The van der Waals surface area contributed by atoms with E-state index in [1.54, 1.807) is 0 Å². The number of aryl methyl sites for hydroxylation is 1. The van der Waals surface area contributed by atoms with Crippen LogP contribution in [-0.2, 0) is 6.42 Å². The van der Waals surface area contributed by atoms with Gasteiger partial charge in [-0.1, -0.05) is 47.1 Å². The van der Waals surface area contributed by atoms with Gasteiger partial charge in [0.25, 0.3) is 5.91 Å². The molecule has 1 unspecified atom stereocenters. The highest BCUT2D eigenvalue weighted by Crippen LogP contribution is 2.24. The highest BCUT2D eigenvalue weighted by atomic mass is 79.9. The molecule has 1 saturated heterocycles.